The third kappa shape index (κ3) is 14.9. The first-order chi connectivity index (χ1) is 21.1. The Hall–Kier alpha value is -2.22. The van der Waals surface area contributed by atoms with Crippen LogP contribution in [0.5, 0.6) is 0 Å². The van der Waals surface area contributed by atoms with Gasteiger partial charge in [-0.2, -0.15) is 10.2 Å². The zero-order valence-electron chi connectivity index (χ0n) is 29.2. The number of unbranched alkanes of at least 4 members (excludes halogenated alkanes) is 12. The lowest BCUT2D eigenvalue weighted by molar-refractivity contribution is 0.606. The summed E-state index contributed by atoms with van der Waals surface area (Å²) < 4.78 is 0. The van der Waals surface area contributed by atoms with Crippen molar-refractivity contribution < 1.29 is 0 Å². The molecular weight excluding hydrogens is 520 g/mol. The summed E-state index contributed by atoms with van der Waals surface area (Å²) in [6, 6.07) is 11.7. The minimum absolute atomic E-state index is 0.974. The van der Waals surface area contributed by atoms with Crippen LogP contribution in [0, 0.1) is 0 Å². The smallest absolute Gasteiger partial charge is 0.0859 e. The van der Waals surface area contributed by atoms with Crippen molar-refractivity contribution >= 4 is 11.8 Å². The SMILES string of the molecule is CCCCCCCCc1cc(N=NC(C)=Cc2cc(CC)c(CCCC)c(CCCCCCCC)c2)ccc1CCCC. The molecule has 0 spiro atoms. The van der Waals surface area contributed by atoms with E-state index in [1.807, 2.05) is 0 Å². The second kappa shape index (κ2) is 23.2. The van der Waals surface area contributed by atoms with E-state index in [1.54, 1.807) is 11.1 Å². The number of rotatable bonds is 24. The standard InChI is InChI=1S/C41H66N2/c1-7-12-16-18-20-22-25-38-33-40(29-28-37(38)24-14-9-3)43-42-34(6)30-35-31-36(11-5)41(27-15-10-4)39(32-35)26-23-21-19-17-13-8-2/h28-33H,7-27H2,1-6H3. The number of allylic oxidation sites excluding steroid dienone is 1. The molecule has 0 saturated carbocycles. The maximum atomic E-state index is 4.72. The van der Waals surface area contributed by atoms with Crippen molar-refractivity contribution in [2.24, 2.45) is 10.2 Å². The predicted octanol–water partition coefficient (Wildman–Crippen LogP) is 13.9. The Kier molecular flexibility index (Phi) is 19.9. The summed E-state index contributed by atoms with van der Waals surface area (Å²) in [5.41, 5.74) is 11.0. The van der Waals surface area contributed by atoms with E-state index in [-0.39, 0.29) is 0 Å². The van der Waals surface area contributed by atoms with Gasteiger partial charge in [0, 0.05) is 0 Å². The fourth-order valence-corrected chi connectivity index (χ4v) is 6.24. The summed E-state index contributed by atoms with van der Waals surface area (Å²) in [5.74, 6) is 0. The maximum Gasteiger partial charge on any atom is 0.0859 e. The lowest BCUT2D eigenvalue weighted by Crippen LogP contribution is -2.02. The van der Waals surface area contributed by atoms with Gasteiger partial charge < -0.3 is 0 Å². The topological polar surface area (TPSA) is 24.7 Å². The van der Waals surface area contributed by atoms with Gasteiger partial charge in [0.25, 0.3) is 0 Å². The Morgan fingerprint density at radius 2 is 1.07 bits per heavy atom. The van der Waals surface area contributed by atoms with Crippen LogP contribution in [-0.4, -0.2) is 0 Å². The van der Waals surface area contributed by atoms with Gasteiger partial charge in [0.2, 0.25) is 0 Å². The molecule has 0 heterocycles. The molecule has 2 rings (SSSR count). The first-order valence-corrected chi connectivity index (χ1v) is 18.4. The quantitative estimate of drug-likeness (QED) is 0.0863. The molecule has 0 amide bonds. The second-order valence-electron chi connectivity index (χ2n) is 12.9. The number of benzene rings is 2. The van der Waals surface area contributed by atoms with Crippen molar-refractivity contribution in [3.05, 3.63) is 69.4 Å². The summed E-state index contributed by atoms with van der Waals surface area (Å²) in [7, 11) is 0. The van der Waals surface area contributed by atoms with Gasteiger partial charge in [0.05, 0.1) is 11.4 Å². The first-order valence-electron chi connectivity index (χ1n) is 18.4. The van der Waals surface area contributed by atoms with Crippen molar-refractivity contribution in [1.29, 1.82) is 0 Å². The fraction of sp³-hybridized carbons (Fsp3) is 0.659. The van der Waals surface area contributed by atoms with Crippen LogP contribution in [0.1, 0.15) is 178 Å². The van der Waals surface area contributed by atoms with E-state index in [4.69, 9.17) is 10.2 Å². The molecule has 0 fully saturated rings. The molecule has 2 aromatic carbocycles. The molecule has 0 N–H and O–H groups in total. The second-order valence-corrected chi connectivity index (χ2v) is 12.9. The summed E-state index contributed by atoms with van der Waals surface area (Å²) in [4.78, 5) is 0. The molecule has 2 nitrogen and oxygen atoms in total. The molecule has 0 aliphatic heterocycles. The molecule has 0 atom stereocenters. The van der Waals surface area contributed by atoms with E-state index in [9.17, 15) is 0 Å². The van der Waals surface area contributed by atoms with Crippen LogP contribution in [0.2, 0.25) is 0 Å². The van der Waals surface area contributed by atoms with Crippen LogP contribution in [0.15, 0.2) is 46.3 Å². The normalized spacial score (nSPS) is 12.1. The van der Waals surface area contributed by atoms with E-state index >= 15 is 0 Å². The number of nitrogens with zero attached hydrogens (tertiary/aromatic N) is 2. The van der Waals surface area contributed by atoms with Crippen molar-refractivity contribution in [2.45, 2.75) is 176 Å². The van der Waals surface area contributed by atoms with Crippen molar-refractivity contribution in [1.82, 2.24) is 0 Å². The largest absolute Gasteiger partial charge is 0.155 e. The minimum atomic E-state index is 0.974. The summed E-state index contributed by atoms with van der Waals surface area (Å²) in [6.45, 7) is 13.6. The predicted molar refractivity (Wildman–Crippen MR) is 192 cm³/mol. The molecule has 43 heavy (non-hydrogen) atoms. The van der Waals surface area contributed by atoms with Gasteiger partial charge in [-0.1, -0.05) is 130 Å². The van der Waals surface area contributed by atoms with E-state index in [0.29, 0.717) is 0 Å². The number of hydrogen-bond donors (Lipinski definition) is 0. The fourth-order valence-electron chi connectivity index (χ4n) is 6.24. The molecule has 2 heteroatoms. The van der Waals surface area contributed by atoms with Crippen molar-refractivity contribution in [2.75, 3.05) is 0 Å². The Balaban J connectivity index is 2.19. The highest BCUT2D eigenvalue weighted by atomic mass is 15.1. The zero-order valence-corrected chi connectivity index (χ0v) is 29.2. The average Bonchev–Trinajstić information content (AvgIpc) is 3.02. The van der Waals surface area contributed by atoms with Crippen LogP contribution in [0.25, 0.3) is 6.08 Å². The van der Waals surface area contributed by atoms with Crippen LogP contribution in [-0.2, 0) is 32.1 Å². The van der Waals surface area contributed by atoms with Crippen LogP contribution >= 0.6 is 0 Å². The zero-order chi connectivity index (χ0) is 31.1. The lowest BCUT2D eigenvalue weighted by atomic mass is 9.89. The third-order valence-corrected chi connectivity index (χ3v) is 8.91. The highest BCUT2D eigenvalue weighted by Crippen LogP contribution is 2.27. The van der Waals surface area contributed by atoms with Crippen molar-refractivity contribution in [3.63, 3.8) is 0 Å². The molecule has 0 aliphatic carbocycles. The third-order valence-electron chi connectivity index (χ3n) is 8.91. The Morgan fingerprint density at radius 1 is 0.535 bits per heavy atom. The Labute approximate surface area is 267 Å². The van der Waals surface area contributed by atoms with E-state index in [2.05, 4.69) is 78.0 Å². The van der Waals surface area contributed by atoms with E-state index < -0.39 is 0 Å². The van der Waals surface area contributed by atoms with Gasteiger partial charge >= 0.3 is 0 Å². The van der Waals surface area contributed by atoms with E-state index in [0.717, 1.165) is 24.2 Å². The monoisotopic (exact) mass is 587 g/mol. The molecule has 0 aromatic heterocycles. The van der Waals surface area contributed by atoms with Gasteiger partial charge in [-0.05, 0) is 116 Å². The molecule has 0 bridgehead atoms. The molecule has 0 radical (unpaired) electrons. The Bertz CT molecular complexity index is 1080. The molecule has 0 saturated heterocycles. The summed E-state index contributed by atoms with van der Waals surface area (Å²) in [5, 5.41) is 9.42. The van der Waals surface area contributed by atoms with Crippen molar-refractivity contribution in [3.8, 4) is 0 Å². The number of aryl methyl sites for hydroxylation is 4. The average molecular weight is 587 g/mol. The molecule has 240 valence electrons. The van der Waals surface area contributed by atoms with Gasteiger partial charge in [-0.15, -0.1) is 0 Å². The highest BCUT2D eigenvalue weighted by molar-refractivity contribution is 5.57. The van der Waals surface area contributed by atoms with Crippen LogP contribution in [0.3, 0.4) is 0 Å². The molecule has 2 aromatic rings. The Morgan fingerprint density at radius 3 is 1.70 bits per heavy atom. The van der Waals surface area contributed by atoms with Crippen LogP contribution < -0.4 is 0 Å². The highest BCUT2D eigenvalue weighted by Gasteiger charge is 2.10. The number of hydrogen-bond acceptors (Lipinski definition) is 2. The molecular formula is C41H66N2. The lowest BCUT2D eigenvalue weighted by Gasteiger charge is -2.16. The maximum absolute atomic E-state index is 4.72. The van der Waals surface area contributed by atoms with Gasteiger partial charge in [0.15, 0.2) is 0 Å². The minimum Gasteiger partial charge on any atom is -0.155 e. The van der Waals surface area contributed by atoms with Gasteiger partial charge in [-0.3, -0.25) is 0 Å². The van der Waals surface area contributed by atoms with Gasteiger partial charge in [0.1, 0.15) is 0 Å². The first kappa shape index (κ1) is 37.0. The summed E-state index contributed by atoms with van der Waals surface area (Å²) in [6.07, 6.45) is 29.2. The van der Waals surface area contributed by atoms with E-state index in [1.165, 1.54) is 144 Å². The molecule has 0 aliphatic rings. The molecule has 0 unspecified atom stereocenters. The number of azo groups is 1. The summed E-state index contributed by atoms with van der Waals surface area (Å²) >= 11 is 0. The van der Waals surface area contributed by atoms with Gasteiger partial charge in [-0.25, -0.2) is 0 Å². The van der Waals surface area contributed by atoms with Crippen LogP contribution in [0.4, 0.5) is 5.69 Å².